The molecule has 1 N–H and O–H groups in total. The van der Waals surface area contributed by atoms with Gasteiger partial charge in [0.05, 0.1) is 6.54 Å². The van der Waals surface area contributed by atoms with E-state index in [0.29, 0.717) is 0 Å². The lowest BCUT2D eigenvalue weighted by Gasteiger charge is -2.14. The third-order valence-corrected chi connectivity index (χ3v) is 3.34. The lowest BCUT2D eigenvalue weighted by molar-refractivity contribution is 0.396. The van der Waals surface area contributed by atoms with E-state index in [1.165, 1.54) is 25.7 Å². The van der Waals surface area contributed by atoms with E-state index in [2.05, 4.69) is 38.2 Å². The van der Waals surface area contributed by atoms with Gasteiger partial charge in [0.1, 0.15) is 11.5 Å². The van der Waals surface area contributed by atoms with Gasteiger partial charge in [-0.3, -0.25) is 0 Å². The van der Waals surface area contributed by atoms with E-state index in [1.807, 2.05) is 0 Å². The maximum atomic E-state index is 5.67. The molecule has 98 valence electrons. The number of nitrogens with one attached hydrogen (secondary N) is 1. The third-order valence-electron chi connectivity index (χ3n) is 3.34. The van der Waals surface area contributed by atoms with Crippen molar-refractivity contribution in [1.82, 2.24) is 5.32 Å². The van der Waals surface area contributed by atoms with Crippen LogP contribution in [0.15, 0.2) is 16.5 Å². The Hall–Kier alpha value is -0.760. The molecule has 0 spiro atoms. The highest BCUT2D eigenvalue weighted by Crippen LogP contribution is 2.12. The van der Waals surface area contributed by atoms with Crippen molar-refractivity contribution in [2.24, 2.45) is 5.92 Å². The van der Waals surface area contributed by atoms with Gasteiger partial charge in [-0.15, -0.1) is 0 Å². The summed E-state index contributed by atoms with van der Waals surface area (Å²) in [5.41, 5.74) is 0. The molecule has 1 heterocycles. The van der Waals surface area contributed by atoms with E-state index < -0.39 is 0 Å². The van der Waals surface area contributed by atoms with Crippen LogP contribution >= 0.6 is 0 Å². The first kappa shape index (κ1) is 14.3. The van der Waals surface area contributed by atoms with Crippen LogP contribution in [0.2, 0.25) is 0 Å². The molecule has 1 unspecified atom stereocenters. The lowest BCUT2D eigenvalue weighted by Crippen LogP contribution is -2.21. The van der Waals surface area contributed by atoms with Crippen molar-refractivity contribution in [3.05, 3.63) is 23.7 Å². The van der Waals surface area contributed by atoms with Crippen LogP contribution in [-0.2, 0) is 13.0 Å². The maximum absolute atomic E-state index is 5.67. The van der Waals surface area contributed by atoms with Crippen LogP contribution in [0.4, 0.5) is 0 Å². The van der Waals surface area contributed by atoms with Crippen LogP contribution in [0.1, 0.15) is 58.0 Å². The predicted octanol–water partition coefficient (Wildman–Crippen LogP) is 4.15. The van der Waals surface area contributed by atoms with Gasteiger partial charge in [0.25, 0.3) is 0 Å². The van der Waals surface area contributed by atoms with Gasteiger partial charge in [-0.25, -0.2) is 0 Å². The topological polar surface area (TPSA) is 25.2 Å². The SMILES string of the molecule is CCCCC(CC)CNCc1ccc(CC)o1. The van der Waals surface area contributed by atoms with Crippen LogP contribution in [0, 0.1) is 5.92 Å². The molecule has 1 rings (SSSR count). The first-order valence-electron chi connectivity index (χ1n) is 7.08. The summed E-state index contributed by atoms with van der Waals surface area (Å²) >= 11 is 0. The highest BCUT2D eigenvalue weighted by molar-refractivity contribution is 5.06. The average molecular weight is 237 g/mol. The fourth-order valence-corrected chi connectivity index (χ4v) is 2.05. The van der Waals surface area contributed by atoms with Gasteiger partial charge in [0, 0.05) is 6.42 Å². The molecule has 0 radical (unpaired) electrons. The number of hydrogen-bond acceptors (Lipinski definition) is 2. The molecule has 0 saturated heterocycles. The summed E-state index contributed by atoms with van der Waals surface area (Å²) in [4.78, 5) is 0. The zero-order chi connectivity index (χ0) is 12.5. The van der Waals surface area contributed by atoms with Gasteiger partial charge in [-0.2, -0.15) is 0 Å². The van der Waals surface area contributed by atoms with Gasteiger partial charge >= 0.3 is 0 Å². The maximum Gasteiger partial charge on any atom is 0.117 e. The molecule has 0 aromatic carbocycles. The average Bonchev–Trinajstić information content (AvgIpc) is 2.81. The lowest BCUT2D eigenvalue weighted by atomic mass is 9.99. The number of unbranched alkanes of at least 4 members (excludes halogenated alkanes) is 1. The highest BCUT2D eigenvalue weighted by Gasteiger charge is 2.06. The largest absolute Gasteiger partial charge is 0.465 e. The van der Waals surface area contributed by atoms with Gasteiger partial charge < -0.3 is 9.73 Å². The van der Waals surface area contributed by atoms with Crippen molar-refractivity contribution in [3.8, 4) is 0 Å². The van der Waals surface area contributed by atoms with Crippen molar-refractivity contribution in [2.45, 2.75) is 59.4 Å². The zero-order valence-electron chi connectivity index (χ0n) is 11.6. The predicted molar refractivity (Wildman–Crippen MR) is 73.1 cm³/mol. The summed E-state index contributed by atoms with van der Waals surface area (Å²) in [6, 6.07) is 4.16. The fraction of sp³-hybridized carbons (Fsp3) is 0.733. The van der Waals surface area contributed by atoms with Crippen LogP contribution in [0.25, 0.3) is 0 Å². The van der Waals surface area contributed by atoms with E-state index >= 15 is 0 Å². The molecule has 0 aliphatic carbocycles. The Labute approximate surface area is 106 Å². The van der Waals surface area contributed by atoms with Crippen molar-refractivity contribution < 1.29 is 4.42 Å². The molecule has 0 saturated carbocycles. The Bertz CT molecular complexity index is 293. The Morgan fingerprint density at radius 1 is 1.18 bits per heavy atom. The normalized spacial score (nSPS) is 12.9. The first-order chi connectivity index (χ1) is 8.30. The Balaban J connectivity index is 2.21. The van der Waals surface area contributed by atoms with Gasteiger partial charge in [0.2, 0.25) is 0 Å². The van der Waals surface area contributed by atoms with Crippen molar-refractivity contribution >= 4 is 0 Å². The van der Waals surface area contributed by atoms with Crippen LogP contribution in [-0.4, -0.2) is 6.54 Å². The van der Waals surface area contributed by atoms with Crippen LogP contribution in [0.3, 0.4) is 0 Å². The summed E-state index contributed by atoms with van der Waals surface area (Å²) in [5, 5.41) is 3.51. The molecule has 1 atom stereocenters. The minimum Gasteiger partial charge on any atom is -0.465 e. The Morgan fingerprint density at radius 2 is 1.94 bits per heavy atom. The molecule has 0 amide bonds. The van der Waals surface area contributed by atoms with E-state index in [4.69, 9.17) is 4.42 Å². The second kappa shape index (κ2) is 8.35. The first-order valence-corrected chi connectivity index (χ1v) is 7.08. The van der Waals surface area contributed by atoms with Gasteiger partial charge in [-0.1, -0.05) is 40.0 Å². The Morgan fingerprint density at radius 3 is 2.53 bits per heavy atom. The molecular formula is C15H27NO. The summed E-state index contributed by atoms with van der Waals surface area (Å²) in [5.74, 6) is 2.96. The number of furan rings is 1. The molecule has 17 heavy (non-hydrogen) atoms. The molecule has 0 bridgehead atoms. The monoisotopic (exact) mass is 237 g/mol. The van der Waals surface area contributed by atoms with Crippen molar-refractivity contribution in [2.75, 3.05) is 6.54 Å². The van der Waals surface area contributed by atoms with Gasteiger partial charge in [0.15, 0.2) is 0 Å². The Kier molecular flexibility index (Phi) is 7.02. The summed E-state index contributed by atoms with van der Waals surface area (Å²) in [6.45, 7) is 8.63. The number of aryl methyl sites for hydroxylation is 1. The molecule has 1 aromatic rings. The third kappa shape index (κ3) is 5.40. The van der Waals surface area contributed by atoms with E-state index in [1.54, 1.807) is 0 Å². The van der Waals surface area contributed by atoms with E-state index in [0.717, 1.165) is 36.9 Å². The van der Waals surface area contributed by atoms with Crippen LogP contribution in [0.5, 0.6) is 0 Å². The van der Waals surface area contributed by atoms with E-state index in [-0.39, 0.29) is 0 Å². The summed E-state index contributed by atoms with van der Waals surface area (Å²) in [7, 11) is 0. The fourth-order valence-electron chi connectivity index (χ4n) is 2.05. The number of hydrogen-bond donors (Lipinski definition) is 1. The van der Waals surface area contributed by atoms with Crippen molar-refractivity contribution in [3.63, 3.8) is 0 Å². The summed E-state index contributed by atoms with van der Waals surface area (Å²) in [6.07, 6.45) is 6.24. The van der Waals surface area contributed by atoms with Crippen molar-refractivity contribution in [1.29, 1.82) is 0 Å². The zero-order valence-corrected chi connectivity index (χ0v) is 11.6. The number of rotatable bonds is 9. The molecule has 2 nitrogen and oxygen atoms in total. The summed E-state index contributed by atoms with van der Waals surface area (Å²) < 4.78 is 5.67. The smallest absolute Gasteiger partial charge is 0.117 e. The minimum absolute atomic E-state index is 0.815. The second-order valence-corrected chi connectivity index (χ2v) is 4.77. The molecule has 1 aromatic heterocycles. The standard InChI is InChI=1S/C15H27NO/c1-4-7-8-13(5-2)11-16-12-15-10-9-14(6-3)17-15/h9-10,13,16H,4-8,11-12H2,1-3H3. The van der Waals surface area contributed by atoms with E-state index in [9.17, 15) is 0 Å². The molecule has 0 aliphatic rings. The minimum atomic E-state index is 0.815. The molecule has 0 fully saturated rings. The highest BCUT2D eigenvalue weighted by atomic mass is 16.3. The molecule has 2 heteroatoms. The van der Waals surface area contributed by atoms with Gasteiger partial charge in [-0.05, 0) is 31.0 Å². The molecular weight excluding hydrogens is 210 g/mol. The quantitative estimate of drug-likeness (QED) is 0.698. The second-order valence-electron chi connectivity index (χ2n) is 4.77. The molecule has 0 aliphatic heterocycles. The van der Waals surface area contributed by atoms with Crippen LogP contribution < -0.4 is 5.32 Å².